The number of carbonyl (C=O) groups is 1. The molecule has 0 bridgehead atoms. The van der Waals surface area contributed by atoms with Crippen molar-refractivity contribution in [2.24, 2.45) is 0 Å². The van der Waals surface area contributed by atoms with Crippen LogP contribution in [-0.2, 0) is 14.8 Å². The van der Waals surface area contributed by atoms with Gasteiger partial charge in [-0.1, -0.05) is 32.0 Å². The van der Waals surface area contributed by atoms with Gasteiger partial charge in [-0.2, -0.15) is 4.31 Å². The molecule has 0 saturated carbocycles. The van der Waals surface area contributed by atoms with Crippen LogP contribution in [0.2, 0.25) is 5.02 Å². The number of amides is 1. The third kappa shape index (κ3) is 4.03. The molecule has 0 spiro atoms. The predicted octanol–water partition coefficient (Wildman–Crippen LogP) is 2.79. The van der Waals surface area contributed by atoms with Gasteiger partial charge in [0.05, 0.1) is 5.02 Å². The minimum absolute atomic E-state index is 0.0268. The maximum absolute atomic E-state index is 12.7. The average molecular weight is 335 g/mol. The van der Waals surface area contributed by atoms with E-state index < -0.39 is 21.8 Å². The maximum atomic E-state index is 12.7. The molecule has 0 aliphatic heterocycles. The zero-order valence-corrected chi connectivity index (χ0v) is 13.3. The number of nitrogens with zero attached hydrogens (tertiary/aromatic N) is 1. The fourth-order valence-electron chi connectivity index (χ4n) is 1.68. The lowest BCUT2D eigenvalue weighted by Gasteiger charge is -2.19. The van der Waals surface area contributed by atoms with Crippen LogP contribution in [0.15, 0.2) is 35.5 Å². The summed E-state index contributed by atoms with van der Waals surface area (Å²) in [5, 5.41) is 2.23. The Morgan fingerprint density at radius 2 is 1.95 bits per heavy atom. The fraction of sp³-hybridized carbons (Fsp3) is 0.308. The molecule has 0 aromatic heterocycles. The molecule has 21 heavy (non-hydrogen) atoms. The van der Waals surface area contributed by atoms with E-state index in [1.165, 1.54) is 22.5 Å². The van der Waals surface area contributed by atoms with Gasteiger partial charge in [0.25, 0.3) is 5.91 Å². The minimum atomic E-state index is -3.78. The van der Waals surface area contributed by atoms with Crippen molar-refractivity contribution >= 4 is 33.2 Å². The van der Waals surface area contributed by atoms with Gasteiger partial charge in [0.1, 0.15) is 4.90 Å². The van der Waals surface area contributed by atoms with Gasteiger partial charge >= 0.3 is 0 Å². The first-order valence-corrected chi connectivity index (χ1v) is 8.01. The molecule has 116 valence electrons. The Hall–Kier alpha value is -1.44. The molecular formula is C13H16ClFN2O3S. The Balaban J connectivity index is 3.25. The van der Waals surface area contributed by atoms with Crippen LogP contribution in [0.5, 0.6) is 0 Å². The first-order valence-electron chi connectivity index (χ1n) is 6.19. The van der Waals surface area contributed by atoms with E-state index in [-0.39, 0.29) is 28.7 Å². The van der Waals surface area contributed by atoms with Crippen LogP contribution in [0.3, 0.4) is 0 Å². The van der Waals surface area contributed by atoms with Crippen LogP contribution in [0.1, 0.15) is 13.8 Å². The first kappa shape index (κ1) is 17.6. The molecule has 1 amide bonds. The molecule has 1 aromatic rings. The first-order chi connectivity index (χ1) is 9.73. The lowest BCUT2D eigenvalue weighted by atomic mass is 10.3. The molecule has 0 unspecified atom stereocenters. The van der Waals surface area contributed by atoms with E-state index in [4.69, 9.17) is 11.6 Å². The zero-order chi connectivity index (χ0) is 16.2. The molecule has 0 aliphatic carbocycles. The second kappa shape index (κ2) is 7.02. The predicted molar refractivity (Wildman–Crippen MR) is 80.4 cm³/mol. The van der Waals surface area contributed by atoms with Crippen molar-refractivity contribution in [1.29, 1.82) is 0 Å². The third-order valence-corrected chi connectivity index (χ3v) is 5.29. The van der Waals surface area contributed by atoms with Gasteiger partial charge in [0.15, 0.2) is 5.83 Å². The monoisotopic (exact) mass is 334 g/mol. The summed E-state index contributed by atoms with van der Waals surface area (Å²) in [5.74, 6) is -2.21. The lowest BCUT2D eigenvalue weighted by Crippen LogP contribution is -2.30. The molecule has 1 N–H and O–H groups in total. The largest absolute Gasteiger partial charge is 0.320 e. The van der Waals surface area contributed by atoms with Crippen LogP contribution < -0.4 is 5.32 Å². The molecule has 0 fully saturated rings. The highest BCUT2D eigenvalue weighted by Crippen LogP contribution is 2.27. The third-order valence-electron chi connectivity index (χ3n) is 2.76. The van der Waals surface area contributed by atoms with E-state index in [0.717, 1.165) is 0 Å². The molecule has 1 rings (SSSR count). The van der Waals surface area contributed by atoms with Crippen molar-refractivity contribution in [2.75, 3.05) is 18.4 Å². The van der Waals surface area contributed by atoms with Gasteiger partial charge in [-0.25, -0.2) is 12.8 Å². The Kier molecular flexibility index (Phi) is 5.88. The molecule has 5 nitrogen and oxygen atoms in total. The number of anilines is 1. The zero-order valence-electron chi connectivity index (χ0n) is 11.7. The van der Waals surface area contributed by atoms with E-state index in [9.17, 15) is 17.6 Å². The number of carbonyl (C=O) groups excluding carboxylic acids is 1. The highest BCUT2D eigenvalue weighted by molar-refractivity contribution is 7.89. The summed E-state index contributed by atoms with van der Waals surface area (Å²) in [6, 6.07) is 3.90. The Labute approximate surface area is 128 Å². The number of hydrogen-bond acceptors (Lipinski definition) is 3. The van der Waals surface area contributed by atoms with Crippen molar-refractivity contribution in [3.63, 3.8) is 0 Å². The summed E-state index contributed by atoms with van der Waals surface area (Å²) in [6.07, 6.45) is 0. The van der Waals surface area contributed by atoms with Crippen LogP contribution >= 0.6 is 11.6 Å². The summed E-state index contributed by atoms with van der Waals surface area (Å²) in [7, 11) is -3.78. The summed E-state index contributed by atoms with van der Waals surface area (Å²) in [6.45, 7) is 6.84. The number of halogens is 2. The Bertz CT molecular complexity index is 657. The fourth-order valence-corrected chi connectivity index (χ4v) is 3.64. The smallest absolute Gasteiger partial charge is 0.283 e. The van der Waals surface area contributed by atoms with Gasteiger partial charge in [0.2, 0.25) is 10.0 Å². The molecular weight excluding hydrogens is 319 g/mol. The summed E-state index contributed by atoms with van der Waals surface area (Å²) < 4.78 is 38.8. The molecule has 0 radical (unpaired) electrons. The number of benzene rings is 1. The van der Waals surface area contributed by atoms with Gasteiger partial charge < -0.3 is 5.32 Å². The van der Waals surface area contributed by atoms with Crippen LogP contribution in [0, 0.1) is 0 Å². The van der Waals surface area contributed by atoms with Gasteiger partial charge in [-0.15, -0.1) is 0 Å². The van der Waals surface area contributed by atoms with Crippen molar-refractivity contribution in [3.8, 4) is 0 Å². The topological polar surface area (TPSA) is 66.5 Å². The molecule has 0 heterocycles. The lowest BCUT2D eigenvalue weighted by molar-refractivity contribution is -0.114. The molecule has 0 aliphatic rings. The molecule has 1 aromatic carbocycles. The minimum Gasteiger partial charge on any atom is -0.320 e. The van der Waals surface area contributed by atoms with Gasteiger partial charge in [-0.3, -0.25) is 4.79 Å². The summed E-state index contributed by atoms with van der Waals surface area (Å²) in [5.41, 5.74) is 0.119. The van der Waals surface area contributed by atoms with E-state index in [2.05, 4.69) is 11.9 Å². The second-order valence-electron chi connectivity index (χ2n) is 4.09. The number of nitrogens with one attached hydrogen (secondary N) is 1. The quantitative estimate of drug-likeness (QED) is 0.813. The normalized spacial score (nSPS) is 11.5. The highest BCUT2D eigenvalue weighted by Gasteiger charge is 2.25. The number of rotatable bonds is 6. The number of sulfonamides is 1. The molecule has 0 saturated heterocycles. The summed E-state index contributed by atoms with van der Waals surface area (Å²) in [4.78, 5) is 11.1. The average Bonchev–Trinajstić information content (AvgIpc) is 2.41. The van der Waals surface area contributed by atoms with Crippen molar-refractivity contribution < 1.29 is 17.6 Å². The van der Waals surface area contributed by atoms with Gasteiger partial charge in [0, 0.05) is 18.8 Å². The highest BCUT2D eigenvalue weighted by atomic mass is 35.5. The standard InChI is InChI=1S/C13H16ClFN2O3S/c1-4-17(5-2)21(19,20)12-8-10(6-7-11(12)14)16-13(18)9(3)15/h6-8H,3-5H2,1-2H3,(H,16,18). The van der Waals surface area contributed by atoms with Gasteiger partial charge in [-0.05, 0) is 18.2 Å². The van der Waals surface area contributed by atoms with E-state index >= 15 is 0 Å². The second-order valence-corrected chi connectivity index (χ2v) is 6.41. The van der Waals surface area contributed by atoms with Crippen molar-refractivity contribution in [1.82, 2.24) is 4.31 Å². The Morgan fingerprint density at radius 1 is 1.38 bits per heavy atom. The SMILES string of the molecule is C=C(F)C(=O)Nc1ccc(Cl)c(S(=O)(=O)N(CC)CC)c1. The van der Waals surface area contributed by atoms with Crippen molar-refractivity contribution in [2.45, 2.75) is 18.7 Å². The van der Waals surface area contributed by atoms with E-state index in [1.807, 2.05) is 0 Å². The van der Waals surface area contributed by atoms with E-state index in [1.54, 1.807) is 13.8 Å². The van der Waals surface area contributed by atoms with Crippen molar-refractivity contribution in [3.05, 3.63) is 35.6 Å². The number of hydrogen-bond donors (Lipinski definition) is 1. The van der Waals surface area contributed by atoms with Crippen LogP contribution in [0.4, 0.5) is 10.1 Å². The Morgan fingerprint density at radius 3 is 2.43 bits per heavy atom. The van der Waals surface area contributed by atoms with Crippen LogP contribution in [0.25, 0.3) is 0 Å². The van der Waals surface area contributed by atoms with E-state index in [0.29, 0.717) is 0 Å². The maximum Gasteiger partial charge on any atom is 0.283 e. The molecule has 0 atom stereocenters. The van der Waals surface area contributed by atoms with Crippen LogP contribution in [-0.4, -0.2) is 31.7 Å². The summed E-state index contributed by atoms with van der Waals surface area (Å²) >= 11 is 5.93. The molecule has 8 heteroatoms.